The van der Waals surface area contributed by atoms with Gasteiger partial charge in [-0.25, -0.2) is 10.0 Å². The predicted molar refractivity (Wildman–Crippen MR) is 121 cm³/mol. The number of aromatic nitrogens is 2. The van der Waals surface area contributed by atoms with E-state index in [0.717, 1.165) is 11.3 Å². The number of rotatable bonds is 5. The maximum atomic E-state index is 13.8. The fraction of sp³-hybridized carbons (Fsp3) is 0.292. The van der Waals surface area contributed by atoms with Gasteiger partial charge in [0, 0.05) is 5.41 Å². The topological polar surface area (TPSA) is 99.8 Å². The second-order valence-electron chi connectivity index (χ2n) is 8.74. The van der Waals surface area contributed by atoms with Gasteiger partial charge in [0.05, 0.1) is 43.5 Å². The molecule has 2 atom stereocenters. The monoisotopic (exact) mass is 447 g/mol. The zero-order chi connectivity index (χ0) is 23.6. The third-order valence-electron chi connectivity index (χ3n) is 6.98. The van der Waals surface area contributed by atoms with Crippen molar-refractivity contribution >= 4 is 23.6 Å². The lowest BCUT2D eigenvalue weighted by molar-refractivity contribution is -0.145. The number of nitrogens with one attached hydrogen (secondary N) is 2. The van der Waals surface area contributed by atoms with E-state index in [1.54, 1.807) is 23.4 Å². The fourth-order valence-corrected chi connectivity index (χ4v) is 5.42. The number of aromatic amines is 1. The predicted octanol–water partition coefficient (Wildman–Crippen LogP) is 2.44. The summed E-state index contributed by atoms with van der Waals surface area (Å²) in [4.78, 5) is 41.6. The Kier molecular flexibility index (Phi) is 4.35. The molecule has 0 unspecified atom stereocenters. The molecule has 33 heavy (non-hydrogen) atoms. The Bertz CT molecular complexity index is 1230. The summed E-state index contributed by atoms with van der Waals surface area (Å²) in [6.07, 6.45) is 8.29. The molecule has 170 valence electrons. The molecule has 2 N–H and O–H groups in total. The van der Waals surface area contributed by atoms with Crippen molar-refractivity contribution in [3.8, 4) is 0 Å². The van der Waals surface area contributed by atoms with Crippen LogP contribution in [0.1, 0.15) is 25.1 Å². The Balaban J connectivity index is 1.92. The SMILES string of the molecule is C=CC(C)(C)[C@]12C=C(OC)C(=O)N3/C(=C/c4cnc[nH]4)C(=O)N[C@@]31N(OC)c1ccccc12. The summed E-state index contributed by atoms with van der Waals surface area (Å²) < 4.78 is 5.57. The van der Waals surface area contributed by atoms with E-state index < -0.39 is 28.4 Å². The van der Waals surface area contributed by atoms with Crippen LogP contribution in [0.5, 0.6) is 0 Å². The number of nitrogens with zero attached hydrogens (tertiary/aromatic N) is 3. The van der Waals surface area contributed by atoms with Crippen molar-refractivity contribution in [2.75, 3.05) is 19.3 Å². The van der Waals surface area contributed by atoms with Crippen LogP contribution in [0.3, 0.4) is 0 Å². The summed E-state index contributed by atoms with van der Waals surface area (Å²) in [6, 6.07) is 7.69. The number of hydrogen-bond donors (Lipinski definition) is 2. The molecule has 1 saturated heterocycles. The summed E-state index contributed by atoms with van der Waals surface area (Å²) in [7, 11) is 2.97. The van der Waals surface area contributed by atoms with Crippen molar-refractivity contribution in [3.63, 3.8) is 0 Å². The van der Waals surface area contributed by atoms with Gasteiger partial charge in [0.2, 0.25) is 5.79 Å². The number of methoxy groups -OCH3 is 1. The van der Waals surface area contributed by atoms with Gasteiger partial charge in [-0.3, -0.25) is 19.3 Å². The molecule has 0 bridgehead atoms. The summed E-state index contributed by atoms with van der Waals surface area (Å²) >= 11 is 0. The Morgan fingerprint density at radius 2 is 1.97 bits per heavy atom. The van der Waals surface area contributed by atoms with E-state index in [0.29, 0.717) is 5.69 Å². The van der Waals surface area contributed by atoms with E-state index in [1.807, 2.05) is 44.2 Å². The van der Waals surface area contributed by atoms with E-state index in [9.17, 15) is 9.59 Å². The molecule has 5 rings (SSSR count). The van der Waals surface area contributed by atoms with Crippen molar-refractivity contribution in [2.24, 2.45) is 5.41 Å². The highest BCUT2D eigenvalue weighted by Gasteiger charge is 2.77. The zero-order valence-electron chi connectivity index (χ0n) is 18.9. The number of carbonyl (C=O) groups is 2. The number of anilines is 1. The number of H-pyrrole nitrogens is 1. The number of fused-ring (bicyclic) bond motifs is 2. The van der Waals surface area contributed by atoms with Crippen LogP contribution in [0.2, 0.25) is 0 Å². The summed E-state index contributed by atoms with van der Waals surface area (Å²) in [5, 5.41) is 4.71. The number of allylic oxidation sites excluding steroid dienone is 1. The molecule has 0 saturated carbocycles. The van der Waals surface area contributed by atoms with Gasteiger partial charge in [0.15, 0.2) is 5.76 Å². The normalized spacial score (nSPS) is 27.2. The maximum absolute atomic E-state index is 13.8. The lowest BCUT2D eigenvalue weighted by Gasteiger charge is -2.56. The van der Waals surface area contributed by atoms with Gasteiger partial charge in [0.1, 0.15) is 5.70 Å². The highest BCUT2D eigenvalue weighted by molar-refractivity contribution is 6.10. The first-order valence-corrected chi connectivity index (χ1v) is 10.5. The molecule has 0 radical (unpaired) electrons. The quantitative estimate of drug-likeness (QED) is 0.540. The second kappa shape index (κ2) is 6.82. The van der Waals surface area contributed by atoms with Crippen molar-refractivity contribution in [1.29, 1.82) is 0 Å². The Morgan fingerprint density at radius 3 is 2.61 bits per heavy atom. The highest BCUT2D eigenvalue weighted by atomic mass is 16.7. The Hall–Kier alpha value is -3.85. The van der Waals surface area contributed by atoms with Crippen molar-refractivity contribution in [3.05, 3.63) is 78.2 Å². The molecule has 9 nitrogen and oxygen atoms in total. The minimum absolute atomic E-state index is 0.125. The zero-order valence-corrected chi connectivity index (χ0v) is 18.9. The van der Waals surface area contributed by atoms with Crippen LogP contribution in [0.15, 0.2) is 67.0 Å². The molecule has 1 aromatic carbocycles. The average molecular weight is 447 g/mol. The van der Waals surface area contributed by atoms with E-state index in [-0.39, 0.29) is 11.5 Å². The molecule has 3 aliphatic heterocycles. The Labute approximate surface area is 191 Å². The number of amides is 2. The minimum Gasteiger partial charge on any atom is -0.491 e. The molecule has 3 aliphatic rings. The van der Waals surface area contributed by atoms with Gasteiger partial charge >= 0.3 is 0 Å². The highest BCUT2D eigenvalue weighted by Crippen LogP contribution is 2.65. The fourth-order valence-electron chi connectivity index (χ4n) is 5.42. The van der Waals surface area contributed by atoms with Crippen molar-refractivity contribution < 1.29 is 19.2 Å². The number of benzene rings is 1. The first kappa shape index (κ1) is 21.0. The molecular weight excluding hydrogens is 422 g/mol. The first-order valence-electron chi connectivity index (χ1n) is 10.5. The number of hydroxylamine groups is 1. The van der Waals surface area contributed by atoms with Gasteiger partial charge in [0.25, 0.3) is 11.8 Å². The van der Waals surface area contributed by atoms with Crippen LogP contribution in [-0.4, -0.2) is 46.7 Å². The van der Waals surface area contributed by atoms with Gasteiger partial charge in [-0.1, -0.05) is 38.1 Å². The van der Waals surface area contributed by atoms with Gasteiger partial charge < -0.3 is 15.0 Å². The average Bonchev–Trinajstić information content (AvgIpc) is 3.48. The van der Waals surface area contributed by atoms with Crippen LogP contribution < -0.4 is 10.4 Å². The molecule has 4 heterocycles. The van der Waals surface area contributed by atoms with Gasteiger partial charge in [-0.05, 0) is 23.8 Å². The minimum atomic E-state index is -1.44. The summed E-state index contributed by atoms with van der Waals surface area (Å²) in [5.74, 6) is -2.21. The molecular formula is C24H25N5O4. The third-order valence-corrected chi connectivity index (χ3v) is 6.98. The Morgan fingerprint density at radius 1 is 1.21 bits per heavy atom. The number of hydrogen-bond acceptors (Lipinski definition) is 6. The molecule has 2 amide bonds. The van der Waals surface area contributed by atoms with Crippen molar-refractivity contribution in [2.45, 2.75) is 25.0 Å². The lowest BCUT2D eigenvalue weighted by Crippen LogP contribution is -2.76. The molecule has 1 aromatic heterocycles. The van der Waals surface area contributed by atoms with Crippen LogP contribution in [-0.2, 0) is 24.6 Å². The van der Waals surface area contributed by atoms with Crippen molar-refractivity contribution in [1.82, 2.24) is 20.2 Å². The smallest absolute Gasteiger partial charge is 0.296 e. The number of carbonyl (C=O) groups excluding carboxylic acids is 2. The van der Waals surface area contributed by atoms with E-state index in [4.69, 9.17) is 9.57 Å². The van der Waals surface area contributed by atoms with Gasteiger partial charge in [-0.15, -0.1) is 6.58 Å². The molecule has 1 spiro atoms. The molecule has 0 aliphatic carbocycles. The number of para-hydroxylation sites is 1. The molecule has 9 heteroatoms. The lowest BCUT2D eigenvalue weighted by atomic mass is 9.57. The van der Waals surface area contributed by atoms with E-state index in [1.165, 1.54) is 25.4 Å². The number of imidazole rings is 1. The van der Waals surface area contributed by atoms with E-state index >= 15 is 0 Å². The van der Waals surface area contributed by atoms with E-state index in [2.05, 4.69) is 21.9 Å². The molecule has 2 aromatic rings. The third kappa shape index (κ3) is 2.32. The van der Waals surface area contributed by atoms with Crippen LogP contribution in [0.4, 0.5) is 5.69 Å². The summed E-state index contributed by atoms with van der Waals surface area (Å²) in [5.41, 5.74) is 0.636. The first-order chi connectivity index (χ1) is 15.8. The summed E-state index contributed by atoms with van der Waals surface area (Å²) in [6.45, 7) is 8.12. The van der Waals surface area contributed by atoms with Crippen LogP contribution >= 0.6 is 0 Å². The number of ether oxygens (including phenoxy) is 1. The van der Waals surface area contributed by atoms with Gasteiger partial charge in [-0.2, -0.15) is 0 Å². The van der Waals surface area contributed by atoms with Crippen LogP contribution in [0, 0.1) is 5.41 Å². The maximum Gasteiger partial charge on any atom is 0.296 e. The molecule has 1 fully saturated rings. The largest absolute Gasteiger partial charge is 0.491 e. The second-order valence-corrected chi connectivity index (χ2v) is 8.74. The van der Waals surface area contributed by atoms with Crippen LogP contribution in [0.25, 0.3) is 6.08 Å². The standard InChI is InChI=1S/C24H25N5O4/c1-6-22(2,3)23-12-19(32-4)21(31)28-18(11-15-13-25-14-26-15)20(30)27-24(23,28)29(33-5)17-10-8-7-9-16(17)23/h6-14H,1H2,2-5H3,(H,25,26)(H,27,30)/b18-11+/t23-,24-/m1/s1.